The van der Waals surface area contributed by atoms with Gasteiger partial charge in [-0.25, -0.2) is 15.5 Å². The standard InChI is InChI=1S/C29H32N6O2/c1-3-5-25-13-16-34(28(25)30-2)20-18-33(19-21-35-17-14-26-6-4-15-31-29(26)35)22-24-9-7-23(8-10-24)11-12-27(36)32-37/h3-17,37H,2,18-22H2,1H3,(H,32,36)/b5-3-,12-11+. The molecule has 0 saturated carbocycles. The molecule has 0 radical (unpaired) electrons. The van der Waals surface area contributed by atoms with Gasteiger partial charge in [0.15, 0.2) is 0 Å². The number of amides is 1. The summed E-state index contributed by atoms with van der Waals surface area (Å²) in [5.41, 5.74) is 5.71. The molecule has 3 aromatic heterocycles. The summed E-state index contributed by atoms with van der Waals surface area (Å²) in [4.78, 5) is 22.5. The maximum atomic E-state index is 11.2. The SMILES string of the molecule is C=Nc1c(/C=C\C)ccn1CCN(CCn1ccc2cccnc21)Cc1ccc(/C=C/C(=O)NO)cc1. The molecule has 4 rings (SSSR count). The summed E-state index contributed by atoms with van der Waals surface area (Å²) in [7, 11) is 0. The summed E-state index contributed by atoms with van der Waals surface area (Å²) in [5, 5.41) is 9.79. The van der Waals surface area contributed by atoms with Gasteiger partial charge in [0.1, 0.15) is 11.5 Å². The maximum absolute atomic E-state index is 11.2. The minimum Gasteiger partial charge on any atom is -0.331 e. The molecule has 1 aromatic carbocycles. The number of carbonyl (C=O) groups excluding carboxylic acids is 1. The van der Waals surface area contributed by atoms with Crippen LogP contribution < -0.4 is 5.48 Å². The molecule has 0 unspecified atom stereocenters. The number of hydrogen-bond donors (Lipinski definition) is 2. The highest BCUT2D eigenvalue weighted by atomic mass is 16.5. The summed E-state index contributed by atoms with van der Waals surface area (Å²) in [6.07, 6.45) is 13.0. The number of benzene rings is 1. The number of fused-ring (bicyclic) bond motifs is 1. The van der Waals surface area contributed by atoms with Gasteiger partial charge in [0.2, 0.25) is 0 Å². The highest BCUT2D eigenvalue weighted by Gasteiger charge is 2.11. The summed E-state index contributed by atoms with van der Waals surface area (Å²) < 4.78 is 4.33. The fourth-order valence-corrected chi connectivity index (χ4v) is 4.32. The molecule has 3 heterocycles. The van der Waals surface area contributed by atoms with E-state index in [9.17, 15) is 4.79 Å². The lowest BCUT2D eigenvalue weighted by atomic mass is 10.1. The van der Waals surface area contributed by atoms with Crippen molar-refractivity contribution in [2.24, 2.45) is 4.99 Å². The molecule has 190 valence electrons. The Bertz CT molecular complexity index is 1400. The van der Waals surface area contributed by atoms with Crippen LogP contribution in [-0.2, 0) is 24.4 Å². The Hall–Kier alpha value is -4.27. The molecule has 8 nitrogen and oxygen atoms in total. The lowest BCUT2D eigenvalue weighted by molar-refractivity contribution is -0.124. The van der Waals surface area contributed by atoms with E-state index in [0.717, 1.165) is 60.7 Å². The fraction of sp³-hybridized carbons (Fsp3) is 0.207. The van der Waals surface area contributed by atoms with Gasteiger partial charge in [-0.05, 0) is 55.1 Å². The zero-order valence-electron chi connectivity index (χ0n) is 21.0. The van der Waals surface area contributed by atoms with Gasteiger partial charge in [-0.2, -0.15) is 0 Å². The van der Waals surface area contributed by atoms with Gasteiger partial charge in [-0.1, -0.05) is 36.4 Å². The Balaban J connectivity index is 1.49. The third-order valence-electron chi connectivity index (χ3n) is 6.22. The molecular formula is C29H32N6O2. The van der Waals surface area contributed by atoms with E-state index < -0.39 is 5.91 Å². The van der Waals surface area contributed by atoms with Crippen molar-refractivity contribution in [3.05, 3.63) is 96.0 Å². The minimum absolute atomic E-state index is 0.557. The lowest BCUT2D eigenvalue weighted by Crippen LogP contribution is -2.30. The topological polar surface area (TPSA) is 87.7 Å². The lowest BCUT2D eigenvalue weighted by Gasteiger charge is -2.23. The first-order valence-electron chi connectivity index (χ1n) is 12.2. The molecule has 0 aliphatic carbocycles. The van der Waals surface area contributed by atoms with Crippen molar-refractivity contribution < 1.29 is 10.0 Å². The molecule has 8 heteroatoms. The van der Waals surface area contributed by atoms with Gasteiger partial charge in [0, 0.05) is 68.3 Å². The number of hydroxylamine groups is 1. The number of aliphatic imine (C=N–C) groups is 1. The molecule has 0 aliphatic rings. The quantitative estimate of drug-likeness (QED) is 0.126. The van der Waals surface area contributed by atoms with Crippen molar-refractivity contribution in [3.63, 3.8) is 0 Å². The van der Waals surface area contributed by atoms with Gasteiger partial charge in [-0.3, -0.25) is 14.9 Å². The monoisotopic (exact) mass is 496 g/mol. The van der Waals surface area contributed by atoms with Gasteiger partial charge in [0.25, 0.3) is 5.91 Å². The zero-order chi connectivity index (χ0) is 26.0. The molecule has 0 aliphatic heterocycles. The number of hydrogen-bond acceptors (Lipinski definition) is 5. The summed E-state index contributed by atoms with van der Waals surface area (Å²) in [6, 6.07) is 16.3. The first-order chi connectivity index (χ1) is 18.1. The van der Waals surface area contributed by atoms with Crippen LogP contribution in [0.5, 0.6) is 0 Å². The predicted molar refractivity (Wildman–Crippen MR) is 149 cm³/mol. The van der Waals surface area contributed by atoms with Crippen LogP contribution in [0.4, 0.5) is 5.82 Å². The number of allylic oxidation sites excluding steroid dienone is 1. The van der Waals surface area contributed by atoms with Crippen molar-refractivity contribution in [1.82, 2.24) is 24.5 Å². The molecule has 0 spiro atoms. The van der Waals surface area contributed by atoms with Crippen LogP contribution in [0.1, 0.15) is 23.6 Å². The van der Waals surface area contributed by atoms with Crippen LogP contribution >= 0.6 is 0 Å². The van der Waals surface area contributed by atoms with Crippen molar-refractivity contribution in [2.45, 2.75) is 26.6 Å². The smallest absolute Gasteiger partial charge is 0.267 e. The van der Waals surface area contributed by atoms with E-state index in [1.54, 1.807) is 11.6 Å². The van der Waals surface area contributed by atoms with Crippen molar-refractivity contribution in [3.8, 4) is 0 Å². The molecule has 2 N–H and O–H groups in total. The number of pyridine rings is 1. The van der Waals surface area contributed by atoms with E-state index in [1.807, 2.05) is 43.5 Å². The third-order valence-corrected chi connectivity index (χ3v) is 6.22. The van der Waals surface area contributed by atoms with Crippen LogP contribution in [0, 0.1) is 0 Å². The maximum Gasteiger partial charge on any atom is 0.267 e. The third kappa shape index (κ3) is 6.69. The number of aromatic nitrogens is 3. The fourth-order valence-electron chi connectivity index (χ4n) is 4.32. The molecular weight excluding hydrogens is 464 g/mol. The largest absolute Gasteiger partial charge is 0.331 e. The number of nitrogens with one attached hydrogen (secondary N) is 1. The summed E-state index contributed by atoms with van der Waals surface area (Å²) >= 11 is 0. The summed E-state index contributed by atoms with van der Waals surface area (Å²) in [6.45, 7) is 9.81. The van der Waals surface area contributed by atoms with Crippen molar-refractivity contribution >= 4 is 41.6 Å². The second-order valence-corrected chi connectivity index (χ2v) is 8.70. The normalized spacial score (nSPS) is 11.8. The Kier molecular flexibility index (Phi) is 8.80. The second kappa shape index (κ2) is 12.6. The van der Waals surface area contributed by atoms with Crippen molar-refractivity contribution in [1.29, 1.82) is 0 Å². The van der Waals surface area contributed by atoms with Crippen LogP contribution in [0.3, 0.4) is 0 Å². The molecule has 0 bridgehead atoms. The van der Waals surface area contributed by atoms with Crippen LogP contribution in [0.25, 0.3) is 23.2 Å². The van der Waals surface area contributed by atoms with Crippen LogP contribution in [0.2, 0.25) is 0 Å². The Morgan fingerprint density at radius 3 is 2.57 bits per heavy atom. The number of carbonyl (C=O) groups is 1. The minimum atomic E-state index is -0.557. The zero-order valence-corrected chi connectivity index (χ0v) is 21.0. The predicted octanol–water partition coefficient (Wildman–Crippen LogP) is 4.92. The first kappa shape index (κ1) is 25.8. The van der Waals surface area contributed by atoms with E-state index in [1.165, 1.54) is 11.6 Å². The Morgan fingerprint density at radius 1 is 1.08 bits per heavy atom. The average molecular weight is 497 g/mol. The molecule has 4 aromatic rings. The van der Waals surface area contributed by atoms with Crippen LogP contribution in [-0.4, -0.2) is 49.9 Å². The van der Waals surface area contributed by atoms with Gasteiger partial charge in [-0.15, -0.1) is 0 Å². The highest BCUT2D eigenvalue weighted by Crippen LogP contribution is 2.22. The van der Waals surface area contributed by atoms with E-state index in [-0.39, 0.29) is 0 Å². The highest BCUT2D eigenvalue weighted by molar-refractivity contribution is 5.90. The molecule has 37 heavy (non-hydrogen) atoms. The van der Waals surface area contributed by atoms with E-state index in [2.05, 4.69) is 73.5 Å². The Morgan fingerprint density at radius 2 is 1.84 bits per heavy atom. The van der Waals surface area contributed by atoms with E-state index in [0.29, 0.717) is 0 Å². The molecule has 1 amide bonds. The van der Waals surface area contributed by atoms with Gasteiger partial charge < -0.3 is 9.13 Å². The first-order valence-corrected chi connectivity index (χ1v) is 12.2. The molecule has 0 atom stereocenters. The second-order valence-electron chi connectivity index (χ2n) is 8.70. The number of nitrogens with zero attached hydrogens (tertiary/aromatic N) is 5. The van der Waals surface area contributed by atoms with E-state index >= 15 is 0 Å². The van der Waals surface area contributed by atoms with Crippen LogP contribution in [0.15, 0.2) is 84.3 Å². The molecule has 0 saturated heterocycles. The van der Waals surface area contributed by atoms with E-state index in [4.69, 9.17) is 5.21 Å². The van der Waals surface area contributed by atoms with Gasteiger partial charge in [0.05, 0.1) is 0 Å². The van der Waals surface area contributed by atoms with Crippen molar-refractivity contribution in [2.75, 3.05) is 13.1 Å². The average Bonchev–Trinajstić information content (AvgIpc) is 3.53. The Labute approximate surface area is 216 Å². The number of rotatable bonds is 12. The molecule has 0 fully saturated rings. The van der Waals surface area contributed by atoms with Gasteiger partial charge >= 0.3 is 0 Å². The summed E-state index contributed by atoms with van der Waals surface area (Å²) in [5.74, 6) is 0.319.